The summed E-state index contributed by atoms with van der Waals surface area (Å²) in [5.41, 5.74) is -0.316. The van der Waals surface area contributed by atoms with Crippen molar-refractivity contribution in [1.29, 1.82) is 0 Å². The Morgan fingerprint density at radius 2 is 2.37 bits per heavy atom. The minimum atomic E-state index is -0.906. The molecule has 6 heteroatoms. The van der Waals surface area contributed by atoms with Gasteiger partial charge in [0.15, 0.2) is 0 Å². The molecule has 1 aliphatic heterocycles. The predicted octanol–water partition coefficient (Wildman–Crippen LogP) is 1.48. The fraction of sp³-hybridized carbons (Fsp3) is 0.615. The zero-order valence-electron chi connectivity index (χ0n) is 11.1. The van der Waals surface area contributed by atoms with E-state index in [-0.39, 0.29) is 22.9 Å². The molecule has 1 aromatic heterocycles. The van der Waals surface area contributed by atoms with Crippen LogP contribution in [0.15, 0.2) is 17.5 Å². The lowest BCUT2D eigenvalue weighted by atomic mass is 10.2. The van der Waals surface area contributed by atoms with Crippen molar-refractivity contribution in [3.05, 3.63) is 22.4 Å². The summed E-state index contributed by atoms with van der Waals surface area (Å²) in [4.78, 5) is 15.6. The van der Waals surface area contributed by atoms with Crippen LogP contribution in [-0.2, 0) is 15.6 Å². The first-order valence-electron chi connectivity index (χ1n) is 6.48. The maximum Gasteiger partial charge on any atom is 0.244 e. The number of amides is 1. The number of carbonyl (C=O) groups is 1. The van der Waals surface area contributed by atoms with Crippen molar-refractivity contribution < 1.29 is 9.00 Å². The zero-order valence-corrected chi connectivity index (χ0v) is 12.7. The molecule has 1 saturated carbocycles. The third-order valence-corrected chi connectivity index (χ3v) is 6.19. The first kappa shape index (κ1) is 13.3. The van der Waals surface area contributed by atoms with Crippen LogP contribution < -0.4 is 5.32 Å². The molecular formula is C13H18N2O2S2. The minimum absolute atomic E-state index is 0.00196. The van der Waals surface area contributed by atoms with Crippen molar-refractivity contribution >= 4 is 28.0 Å². The van der Waals surface area contributed by atoms with Gasteiger partial charge in [-0.15, -0.1) is 11.3 Å². The summed E-state index contributed by atoms with van der Waals surface area (Å²) in [7, 11) is -0.906. The Morgan fingerprint density at radius 1 is 1.63 bits per heavy atom. The second kappa shape index (κ2) is 4.68. The van der Waals surface area contributed by atoms with E-state index in [4.69, 9.17) is 0 Å². The second-order valence-corrected chi connectivity index (χ2v) is 8.19. The number of rotatable bonds is 4. The predicted molar refractivity (Wildman–Crippen MR) is 77.4 cm³/mol. The molecule has 2 fully saturated rings. The highest BCUT2D eigenvalue weighted by molar-refractivity contribution is 7.84. The first-order chi connectivity index (χ1) is 9.03. The summed E-state index contributed by atoms with van der Waals surface area (Å²) < 4.78 is 11.6. The molecule has 3 unspecified atom stereocenters. The maximum absolute atomic E-state index is 12.5. The molecule has 1 aromatic rings. The van der Waals surface area contributed by atoms with E-state index in [1.165, 1.54) is 0 Å². The largest absolute Gasteiger partial charge is 0.319 e. The number of hydrogen-bond acceptors (Lipinski definition) is 4. The second-order valence-electron chi connectivity index (χ2n) is 5.41. The van der Waals surface area contributed by atoms with E-state index in [1.807, 2.05) is 23.3 Å². The highest BCUT2D eigenvalue weighted by atomic mass is 32.2. The van der Waals surface area contributed by atoms with Crippen molar-refractivity contribution in [3.8, 4) is 0 Å². The Morgan fingerprint density at radius 3 is 2.89 bits per heavy atom. The van der Waals surface area contributed by atoms with Gasteiger partial charge in [0, 0.05) is 33.7 Å². The molecule has 104 valence electrons. The van der Waals surface area contributed by atoms with E-state index < -0.39 is 10.8 Å². The van der Waals surface area contributed by atoms with E-state index in [2.05, 4.69) is 11.4 Å². The van der Waals surface area contributed by atoms with Crippen molar-refractivity contribution in [3.63, 3.8) is 0 Å². The van der Waals surface area contributed by atoms with E-state index in [0.29, 0.717) is 6.54 Å². The summed E-state index contributed by atoms with van der Waals surface area (Å²) in [6.07, 6.45) is 3.51. The summed E-state index contributed by atoms with van der Waals surface area (Å²) in [6.45, 7) is 2.49. The van der Waals surface area contributed by atoms with Crippen molar-refractivity contribution in [2.75, 3.05) is 12.8 Å². The van der Waals surface area contributed by atoms with Crippen LogP contribution in [0.4, 0.5) is 0 Å². The minimum Gasteiger partial charge on any atom is -0.319 e. The topological polar surface area (TPSA) is 49.4 Å². The van der Waals surface area contributed by atoms with E-state index in [0.717, 1.165) is 17.7 Å². The highest BCUT2D eigenvalue weighted by Crippen LogP contribution is 2.46. The molecule has 19 heavy (non-hydrogen) atoms. The molecule has 1 aliphatic carbocycles. The molecule has 4 nitrogen and oxygen atoms in total. The Bertz CT molecular complexity index is 511. The molecule has 1 saturated heterocycles. The molecule has 0 aromatic carbocycles. The first-order valence-corrected chi connectivity index (χ1v) is 8.98. The molecule has 2 aliphatic rings. The lowest BCUT2D eigenvalue weighted by Gasteiger charge is -2.25. The van der Waals surface area contributed by atoms with Crippen LogP contribution in [0.1, 0.15) is 30.8 Å². The Hall–Kier alpha value is -0.720. The van der Waals surface area contributed by atoms with Gasteiger partial charge in [0.05, 0.1) is 0 Å². The van der Waals surface area contributed by atoms with Gasteiger partial charge in [-0.25, -0.2) is 0 Å². The Labute approximate surface area is 119 Å². The molecule has 1 spiro atoms. The molecule has 2 heterocycles. The molecule has 3 atom stereocenters. The smallest absolute Gasteiger partial charge is 0.244 e. The maximum atomic E-state index is 12.5. The summed E-state index contributed by atoms with van der Waals surface area (Å²) in [5.74, 6) is 0.184. The lowest BCUT2D eigenvalue weighted by Crippen LogP contribution is -2.38. The van der Waals surface area contributed by atoms with Crippen LogP contribution in [0, 0.1) is 0 Å². The van der Waals surface area contributed by atoms with Crippen LogP contribution in [0.5, 0.6) is 0 Å². The van der Waals surface area contributed by atoms with Gasteiger partial charge in [0.1, 0.15) is 11.7 Å². The van der Waals surface area contributed by atoms with Gasteiger partial charge in [-0.2, -0.15) is 0 Å². The van der Waals surface area contributed by atoms with Gasteiger partial charge in [0.25, 0.3) is 0 Å². The molecule has 3 rings (SSSR count). The lowest BCUT2D eigenvalue weighted by molar-refractivity contribution is -0.130. The van der Waals surface area contributed by atoms with Crippen molar-refractivity contribution in [2.24, 2.45) is 0 Å². The third-order valence-electron chi connectivity index (χ3n) is 3.98. The zero-order chi connectivity index (χ0) is 13.6. The van der Waals surface area contributed by atoms with Gasteiger partial charge in [-0.1, -0.05) is 6.07 Å². The van der Waals surface area contributed by atoms with E-state index in [1.54, 1.807) is 17.6 Å². The number of nitrogens with one attached hydrogen (secondary N) is 1. The summed E-state index contributed by atoms with van der Waals surface area (Å²) in [6, 6.07) is 4.06. The molecule has 1 N–H and O–H groups in total. The normalized spacial score (nSPS) is 27.8. The molecule has 0 radical (unpaired) electrons. The molecular weight excluding hydrogens is 280 g/mol. The van der Waals surface area contributed by atoms with Crippen molar-refractivity contribution in [1.82, 2.24) is 10.2 Å². The van der Waals surface area contributed by atoms with E-state index in [9.17, 15) is 9.00 Å². The van der Waals surface area contributed by atoms with Crippen LogP contribution in [0.25, 0.3) is 0 Å². The number of thiophene rings is 1. The van der Waals surface area contributed by atoms with Crippen LogP contribution in [-0.4, -0.2) is 38.6 Å². The van der Waals surface area contributed by atoms with E-state index >= 15 is 0 Å². The standard InChI is InChI=1S/C13H18N2O2S2/c1-9(19(2)17)8-15-11(10-4-3-7-18-10)14-13(5-6-13)12(15)16/h3-4,7,9,11,14H,5-6,8H2,1-2H3. The third kappa shape index (κ3) is 2.26. The fourth-order valence-electron chi connectivity index (χ4n) is 2.52. The quantitative estimate of drug-likeness (QED) is 0.916. The SMILES string of the molecule is CC(CN1C(=O)C2(CC2)NC1c1cccs1)S(C)=O. The molecule has 0 bridgehead atoms. The Kier molecular flexibility index (Phi) is 3.27. The van der Waals surface area contributed by atoms with Crippen LogP contribution in [0.3, 0.4) is 0 Å². The van der Waals surface area contributed by atoms with Crippen LogP contribution in [0.2, 0.25) is 0 Å². The number of nitrogens with zero attached hydrogens (tertiary/aromatic N) is 1. The highest BCUT2D eigenvalue weighted by Gasteiger charge is 2.59. The molecule has 1 amide bonds. The van der Waals surface area contributed by atoms with Gasteiger partial charge >= 0.3 is 0 Å². The number of hydrogen-bond donors (Lipinski definition) is 1. The summed E-state index contributed by atoms with van der Waals surface area (Å²) in [5, 5.41) is 5.50. The van der Waals surface area contributed by atoms with Gasteiger partial charge in [-0.05, 0) is 31.2 Å². The van der Waals surface area contributed by atoms with Gasteiger partial charge in [0.2, 0.25) is 5.91 Å². The van der Waals surface area contributed by atoms with Crippen LogP contribution >= 0.6 is 11.3 Å². The average Bonchev–Trinajstić information content (AvgIpc) is 2.85. The monoisotopic (exact) mass is 298 g/mol. The van der Waals surface area contributed by atoms with Gasteiger partial charge in [-0.3, -0.25) is 14.3 Å². The average molecular weight is 298 g/mol. The Balaban J connectivity index is 1.85. The number of carbonyl (C=O) groups excluding carboxylic acids is 1. The fourth-order valence-corrected chi connectivity index (χ4v) is 3.68. The summed E-state index contributed by atoms with van der Waals surface area (Å²) >= 11 is 1.66. The van der Waals surface area contributed by atoms with Crippen molar-refractivity contribution in [2.45, 2.75) is 36.7 Å². The van der Waals surface area contributed by atoms with Gasteiger partial charge < -0.3 is 4.90 Å².